The van der Waals surface area contributed by atoms with Crippen molar-refractivity contribution in [1.82, 2.24) is 9.97 Å². The van der Waals surface area contributed by atoms with Gasteiger partial charge < -0.3 is 0 Å². The smallest absolute Gasteiger partial charge is 0.268 e. The van der Waals surface area contributed by atoms with Crippen LogP contribution in [-0.4, -0.2) is 15.9 Å². The SMILES string of the molecule is O=C(Nc1nccc(Cl)n1)c1cc(Br)c(Br)s1. The van der Waals surface area contributed by atoms with Gasteiger partial charge in [-0.3, -0.25) is 10.1 Å². The van der Waals surface area contributed by atoms with E-state index in [1.165, 1.54) is 23.6 Å². The zero-order valence-electron chi connectivity index (χ0n) is 8.08. The van der Waals surface area contributed by atoms with Gasteiger partial charge >= 0.3 is 0 Å². The van der Waals surface area contributed by atoms with E-state index in [1.54, 1.807) is 6.07 Å². The summed E-state index contributed by atoms with van der Waals surface area (Å²) in [4.78, 5) is 20.1. The summed E-state index contributed by atoms with van der Waals surface area (Å²) in [5, 5.41) is 2.84. The van der Waals surface area contributed by atoms with Crippen molar-refractivity contribution in [3.63, 3.8) is 0 Å². The van der Waals surface area contributed by atoms with Crippen molar-refractivity contribution in [1.29, 1.82) is 0 Å². The molecule has 0 atom stereocenters. The average Bonchev–Trinajstić information content (AvgIpc) is 2.59. The lowest BCUT2D eigenvalue weighted by atomic mass is 10.4. The zero-order valence-corrected chi connectivity index (χ0v) is 12.8. The summed E-state index contributed by atoms with van der Waals surface area (Å²) in [7, 11) is 0. The van der Waals surface area contributed by atoms with Crippen LogP contribution in [0, 0.1) is 0 Å². The number of nitrogens with one attached hydrogen (secondary N) is 1. The van der Waals surface area contributed by atoms with Crippen LogP contribution in [0.2, 0.25) is 5.15 Å². The van der Waals surface area contributed by atoms with Crippen molar-refractivity contribution >= 4 is 66.7 Å². The number of hydrogen-bond donors (Lipinski definition) is 1. The number of hydrogen-bond acceptors (Lipinski definition) is 4. The quantitative estimate of drug-likeness (QED) is 0.781. The fourth-order valence-corrected chi connectivity index (χ4v) is 3.09. The Balaban J connectivity index is 2.17. The summed E-state index contributed by atoms with van der Waals surface area (Å²) >= 11 is 13.6. The molecule has 2 heterocycles. The lowest BCUT2D eigenvalue weighted by Crippen LogP contribution is -2.12. The molecule has 1 amide bonds. The van der Waals surface area contributed by atoms with E-state index in [0.29, 0.717) is 4.88 Å². The molecule has 4 nitrogen and oxygen atoms in total. The molecule has 0 saturated heterocycles. The molecule has 0 aliphatic carbocycles. The molecule has 8 heteroatoms. The maximum atomic E-state index is 11.8. The molecule has 0 bridgehead atoms. The number of carbonyl (C=O) groups excluding carboxylic acids is 1. The number of rotatable bonds is 2. The van der Waals surface area contributed by atoms with Crippen molar-refractivity contribution in [3.8, 4) is 0 Å². The molecule has 0 spiro atoms. The largest absolute Gasteiger partial charge is 0.290 e. The maximum absolute atomic E-state index is 11.8. The summed E-state index contributed by atoms with van der Waals surface area (Å²) in [5.74, 6) is -0.0909. The van der Waals surface area contributed by atoms with Crippen LogP contribution in [0.3, 0.4) is 0 Å². The van der Waals surface area contributed by atoms with Gasteiger partial charge in [-0.25, -0.2) is 9.97 Å². The first-order valence-corrected chi connectivity index (χ1v) is 7.09. The minimum atomic E-state index is -0.274. The highest BCUT2D eigenvalue weighted by Gasteiger charge is 2.13. The van der Waals surface area contributed by atoms with Gasteiger partial charge in [-0.05, 0) is 44.0 Å². The van der Waals surface area contributed by atoms with E-state index in [2.05, 4.69) is 47.1 Å². The van der Waals surface area contributed by atoms with E-state index in [-0.39, 0.29) is 17.0 Å². The number of halogens is 3. The molecule has 0 aromatic carbocycles. The first-order valence-electron chi connectivity index (χ1n) is 4.31. The van der Waals surface area contributed by atoms with Crippen molar-refractivity contribution in [2.75, 3.05) is 5.32 Å². The molecule has 0 aliphatic heterocycles. The van der Waals surface area contributed by atoms with Gasteiger partial charge in [-0.15, -0.1) is 11.3 Å². The molecule has 0 aliphatic rings. The average molecular weight is 397 g/mol. The van der Waals surface area contributed by atoms with Gasteiger partial charge in [0.2, 0.25) is 5.95 Å². The van der Waals surface area contributed by atoms with Crippen LogP contribution in [0.4, 0.5) is 5.95 Å². The summed E-state index contributed by atoms with van der Waals surface area (Å²) in [5.41, 5.74) is 0. The predicted molar refractivity (Wildman–Crippen MR) is 74.7 cm³/mol. The Labute approximate surface area is 123 Å². The summed E-state index contributed by atoms with van der Waals surface area (Å²) < 4.78 is 1.69. The third kappa shape index (κ3) is 3.25. The van der Waals surface area contributed by atoms with Crippen molar-refractivity contribution < 1.29 is 4.79 Å². The lowest BCUT2D eigenvalue weighted by molar-refractivity contribution is 0.102. The topological polar surface area (TPSA) is 54.9 Å². The molecule has 0 radical (unpaired) electrons. The number of aromatic nitrogens is 2. The first-order chi connectivity index (χ1) is 8.06. The highest BCUT2D eigenvalue weighted by atomic mass is 79.9. The number of amides is 1. The molecule has 2 aromatic heterocycles. The molecule has 0 unspecified atom stereocenters. The number of thiophene rings is 1. The van der Waals surface area contributed by atoms with Gasteiger partial charge in [0.1, 0.15) is 5.15 Å². The monoisotopic (exact) mass is 395 g/mol. The third-order valence-corrected chi connectivity index (χ3v) is 5.18. The fourth-order valence-electron chi connectivity index (χ4n) is 1.02. The highest BCUT2D eigenvalue weighted by molar-refractivity contribution is 9.13. The first kappa shape index (κ1) is 12.9. The summed E-state index contributed by atoms with van der Waals surface area (Å²) in [6.45, 7) is 0. The van der Waals surface area contributed by atoms with Gasteiger partial charge in [0.15, 0.2) is 0 Å². The molecular weight excluding hydrogens is 393 g/mol. The van der Waals surface area contributed by atoms with Crippen LogP contribution in [0.25, 0.3) is 0 Å². The molecular formula is C9H4Br2ClN3OS. The van der Waals surface area contributed by atoms with Crippen LogP contribution < -0.4 is 5.32 Å². The van der Waals surface area contributed by atoms with Crippen LogP contribution in [-0.2, 0) is 0 Å². The van der Waals surface area contributed by atoms with Gasteiger partial charge in [0.25, 0.3) is 5.91 Å². The summed E-state index contributed by atoms with van der Waals surface area (Å²) in [6.07, 6.45) is 1.48. The van der Waals surface area contributed by atoms with E-state index < -0.39 is 0 Å². The van der Waals surface area contributed by atoms with Crippen molar-refractivity contribution in [2.24, 2.45) is 0 Å². The van der Waals surface area contributed by atoms with Crippen molar-refractivity contribution in [3.05, 3.63) is 36.6 Å². The molecule has 17 heavy (non-hydrogen) atoms. The maximum Gasteiger partial charge on any atom is 0.268 e. The lowest BCUT2D eigenvalue weighted by Gasteiger charge is -2.00. The second-order valence-electron chi connectivity index (χ2n) is 2.89. The minimum absolute atomic E-state index is 0.183. The highest BCUT2D eigenvalue weighted by Crippen LogP contribution is 2.32. The number of nitrogens with zero attached hydrogens (tertiary/aromatic N) is 2. The van der Waals surface area contributed by atoms with E-state index in [1.807, 2.05) is 0 Å². The number of anilines is 1. The van der Waals surface area contributed by atoms with Crippen LogP contribution in [0.1, 0.15) is 9.67 Å². The van der Waals surface area contributed by atoms with Gasteiger partial charge in [0, 0.05) is 10.7 Å². The number of carbonyl (C=O) groups is 1. The van der Waals surface area contributed by atoms with E-state index >= 15 is 0 Å². The standard InChI is InChI=1S/C9H4Br2ClN3OS/c10-4-3-5(17-7(4)11)8(16)15-9-13-2-1-6(12)14-9/h1-3H,(H,13,14,15,16). The fraction of sp³-hybridized carbons (Fsp3) is 0. The molecule has 88 valence electrons. The predicted octanol–water partition coefficient (Wildman–Crippen LogP) is 3.97. The van der Waals surface area contributed by atoms with E-state index in [0.717, 1.165) is 8.26 Å². The molecule has 1 N–H and O–H groups in total. The van der Waals surface area contributed by atoms with Gasteiger partial charge in [-0.2, -0.15) is 0 Å². The summed E-state index contributed by atoms with van der Waals surface area (Å²) in [6, 6.07) is 3.25. The van der Waals surface area contributed by atoms with Crippen LogP contribution in [0.5, 0.6) is 0 Å². The normalized spacial score (nSPS) is 10.3. The van der Waals surface area contributed by atoms with E-state index in [9.17, 15) is 4.79 Å². The van der Waals surface area contributed by atoms with E-state index in [4.69, 9.17) is 11.6 Å². The van der Waals surface area contributed by atoms with Crippen LogP contribution in [0.15, 0.2) is 26.6 Å². The molecule has 0 saturated carbocycles. The Hall–Kier alpha value is -0.500. The molecule has 0 fully saturated rings. The Morgan fingerprint density at radius 1 is 1.47 bits per heavy atom. The van der Waals surface area contributed by atoms with Gasteiger partial charge in [0.05, 0.1) is 8.66 Å². The second kappa shape index (κ2) is 5.43. The Kier molecular flexibility index (Phi) is 4.13. The van der Waals surface area contributed by atoms with Crippen LogP contribution >= 0.6 is 54.8 Å². The second-order valence-corrected chi connectivity index (χ2v) is 6.50. The van der Waals surface area contributed by atoms with Gasteiger partial charge in [-0.1, -0.05) is 11.6 Å². The molecule has 2 aromatic rings. The van der Waals surface area contributed by atoms with Crippen molar-refractivity contribution in [2.45, 2.75) is 0 Å². The Morgan fingerprint density at radius 3 is 2.82 bits per heavy atom. The Bertz CT molecular complexity index is 556. The Morgan fingerprint density at radius 2 is 2.24 bits per heavy atom. The minimum Gasteiger partial charge on any atom is -0.290 e. The molecule has 2 rings (SSSR count). The third-order valence-electron chi connectivity index (χ3n) is 1.72. The zero-order chi connectivity index (χ0) is 12.4.